The van der Waals surface area contributed by atoms with Crippen molar-refractivity contribution < 1.29 is 34.7 Å². The Hall–Kier alpha value is -2.13. The van der Waals surface area contributed by atoms with Gasteiger partial charge in [-0.1, -0.05) is 0 Å². The van der Waals surface area contributed by atoms with E-state index < -0.39 is 25.1 Å². The second-order valence-electron chi connectivity index (χ2n) is 4.91. The summed E-state index contributed by atoms with van der Waals surface area (Å²) >= 11 is 0. The summed E-state index contributed by atoms with van der Waals surface area (Å²) < 4.78 is 53.7. The molecular formula is C13H20F5N3O2. The molecule has 0 aromatic carbocycles. The Morgan fingerprint density at radius 1 is 1.39 bits per heavy atom. The highest BCUT2D eigenvalue weighted by Crippen LogP contribution is 2.35. The van der Waals surface area contributed by atoms with Crippen LogP contribution in [0.25, 0.3) is 0 Å². The van der Waals surface area contributed by atoms with Crippen LogP contribution in [0.2, 0.25) is 0 Å². The zero-order valence-electron chi connectivity index (χ0n) is 11.8. The van der Waals surface area contributed by atoms with Gasteiger partial charge in [0.2, 0.25) is 5.88 Å². The van der Waals surface area contributed by atoms with Gasteiger partial charge in [0.15, 0.2) is 0 Å². The highest BCUT2D eigenvalue weighted by molar-refractivity contribution is 5.74. The molecule has 1 atom stereocenters. The molecule has 1 saturated carbocycles. The Labute approximate surface area is 131 Å². The molecule has 1 aromatic heterocycles. The Morgan fingerprint density at radius 2 is 2.09 bits per heavy atom. The molecule has 5 nitrogen and oxygen atoms in total. The molecule has 0 bridgehead atoms. The minimum atomic E-state index is -3.00. The summed E-state index contributed by atoms with van der Waals surface area (Å²) in [4.78, 5) is 15.2. The average Bonchev–Trinajstić information content (AvgIpc) is 3.26. The van der Waals surface area contributed by atoms with Crippen LogP contribution in [0.5, 0.6) is 5.88 Å². The number of amides is 2. The van der Waals surface area contributed by atoms with Crippen molar-refractivity contribution in [3.63, 3.8) is 0 Å². The minimum Gasteiger partial charge on any atom is -0.417 e. The van der Waals surface area contributed by atoms with Crippen molar-refractivity contribution in [2.24, 2.45) is 5.92 Å². The summed E-state index contributed by atoms with van der Waals surface area (Å²) in [6.07, 6.45) is -0.0222. The molecule has 1 fully saturated rings. The number of nitrogens with zero attached hydrogens (tertiary/aromatic N) is 1. The first-order chi connectivity index (χ1) is 10.5. The molecule has 0 aliphatic heterocycles. The number of hydrogen-bond donors (Lipinski definition) is 2. The quantitative estimate of drug-likeness (QED) is 0.746. The highest BCUT2D eigenvalue weighted by Gasteiger charge is 2.38. The predicted molar refractivity (Wildman–Crippen MR) is 75.5 cm³/mol. The molecule has 1 aliphatic carbocycles. The molecule has 2 N–H and O–H groups in total. The van der Waals surface area contributed by atoms with E-state index in [9.17, 15) is 22.4 Å². The molecule has 0 radical (unpaired) electrons. The minimum absolute atomic E-state index is 0. The van der Waals surface area contributed by atoms with Gasteiger partial charge in [-0.2, -0.15) is 8.78 Å². The van der Waals surface area contributed by atoms with E-state index >= 15 is 0 Å². The van der Waals surface area contributed by atoms with E-state index in [0.717, 1.165) is 0 Å². The third-order valence-corrected chi connectivity index (χ3v) is 3.16. The third-order valence-electron chi connectivity index (χ3n) is 3.16. The molecule has 10 heteroatoms. The number of rotatable bonds is 7. The molecule has 0 spiro atoms. The van der Waals surface area contributed by atoms with Gasteiger partial charge in [0.25, 0.3) is 6.43 Å². The fourth-order valence-corrected chi connectivity index (χ4v) is 1.94. The van der Waals surface area contributed by atoms with E-state index in [1.165, 1.54) is 18.3 Å². The lowest BCUT2D eigenvalue weighted by Gasteiger charge is -2.17. The summed E-state index contributed by atoms with van der Waals surface area (Å²) in [6, 6.07) is 0.836. The van der Waals surface area contributed by atoms with Crippen molar-refractivity contribution in [1.29, 1.82) is 0 Å². The smallest absolute Gasteiger partial charge is 0.388 e. The van der Waals surface area contributed by atoms with Crippen LogP contribution in [0.4, 0.5) is 27.1 Å². The largest absolute Gasteiger partial charge is 0.417 e. The van der Waals surface area contributed by atoms with Gasteiger partial charge in [-0.3, -0.25) is 4.70 Å². The third kappa shape index (κ3) is 6.25. The number of ether oxygens (including phenoxy) is 1. The number of pyridine rings is 1. The number of nitrogens with one attached hydrogen (secondary N) is 2. The molecule has 1 aliphatic rings. The summed E-state index contributed by atoms with van der Waals surface area (Å²) in [5.74, 6) is -0.462. The SMILES string of the molecule is F.O=C(NCc1ccnc(OC(F)F)c1)N[C@H](C(F)F)C1CC1.[HH].[HH]. The van der Waals surface area contributed by atoms with Gasteiger partial charge < -0.3 is 15.4 Å². The molecular weight excluding hydrogens is 325 g/mol. The Kier molecular flexibility index (Phi) is 6.98. The zero-order valence-corrected chi connectivity index (χ0v) is 11.8. The number of halogens is 5. The fraction of sp³-hybridized carbons (Fsp3) is 0.538. The molecule has 134 valence electrons. The summed E-state index contributed by atoms with van der Waals surface area (Å²) in [5, 5.41) is 4.62. The van der Waals surface area contributed by atoms with Crippen LogP contribution in [0.15, 0.2) is 18.3 Å². The molecule has 2 rings (SSSR count). The van der Waals surface area contributed by atoms with Crippen molar-refractivity contribution in [2.75, 3.05) is 0 Å². The lowest BCUT2D eigenvalue weighted by atomic mass is 10.2. The van der Waals surface area contributed by atoms with E-state index in [-0.39, 0.29) is 25.9 Å². The molecule has 0 saturated heterocycles. The molecule has 23 heavy (non-hydrogen) atoms. The normalized spacial score (nSPS) is 15.0. The first-order valence-electron chi connectivity index (χ1n) is 6.68. The summed E-state index contributed by atoms with van der Waals surface area (Å²) in [5.41, 5.74) is 0.459. The van der Waals surface area contributed by atoms with Crippen molar-refractivity contribution in [3.05, 3.63) is 23.9 Å². The second-order valence-corrected chi connectivity index (χ2v) is 4.91. The zero-order chi connectivity index (χ0) is 16.1. The van der Waals surface area contributed by atoms with Gasteiger partial charge in [-0.15, -0.1) is 0 Å². The van der Waals surface area contributed by atoms with Gasteiger partial charge in [0.05, 0.1) is 6.04 Å². The number of aromatic nitrogens is 1. The number of carbonyl (C=O) groups excluding carboxylic acids is 1. The molecule has 0 unspecified atom stereocenters. The van der Waals surface area contributed by atoms with E-state index in [4.69, 9.17) is 0 Å². The molecule has 2 amide bonds. The van der Waals surface area contributed by atoms with Crippen LogP contribution in [0, 0.1) is 5.92 Å². The van der Waals surface area contributed by atoms with Crippen molar-refractivity contribution >= 4 is 6.03 Å². The average molecular weight is 345 g/mol. The van der Waals surface area contributed by atoms with Crippen LogP contribution in [0.3, 0.4) is 0 Å². The predicted octanol–water partition coefficient (Wildman–Crippen LogP) is 3.17. The van der Waals surface area contributed by atoms with Gasteiger partial charge in [-0.25, -0.2) is 18.6 Å². The second kappa shape index (κ2) is 8.49. The number of alkyl halides is 4. The standard InChI is InChI=1S/C13H15F4N3O2.FH.2H2/c14-11(15)10(8-1-2-8)20-13(21)19-6-7-3-4-18-9(5-7)22-12(16)17;;;/h3-5,8,10-12H,1-2,6H2,(H2,19,20,21);3*1H/t10-;;;/m0.../s1. The van der Waals surface area contributed by atoms with Crippen LogP contribution < -0.4 is 15.4 Å². The summed E-state index contributed by atoms with van der Waals surface area (Å²) in [7, 11) is 0. The van der Waals surface area contributed by atoms with Gasteiger partial charge in [-0.05, 0) is 30.4 Å². The first-order valence-corrected chi connectivity index (χ1v) is 6.68. The Bertz CT molecular complexity index is 522. The lowest BCUT2D eigenvalue weighted by molar-refractivity contribution is -0.0529. The first kappa shape index (κ1) is 18.9. The topological polar surface area (TPSA) is 63.2 Å². The van der Waals surface area contributed by atoms with Crippen molar-refractivity contribution in [1.82, 2.24) is 15.6 Å². The van der Waals surface area contributed by atoms with Crippen molar-refractivity contribution in [2.45, 2.75) is 38.5 Å². The van der Waals surface area contributed by atoms with Gasteiger partial charge in [0, 0.05) is 21.7 Å². The monoisotopic (exact) mass is 345 g/mol. The van der Waals surface area contributed by atoms with Crippen LogP contribution in [0.1, 0.15) is 21.3 Å². The molecule has 1 aromatic rings. The van der Waals surface area contributed by atoms with Crippen LogP contribution in [-0.4, -0.2) is 30.1 Å². The van der Waals surface area contributed by atoms with Gasteiger partial charge in [0.1, 0.15) is 0 Å². The maximum atomic E-state index is 12.7. The van der Waals surface area contributed by atoms with Crippen LogP contribution in [-0.2, 0) is 6.54 Å². The Morgan fingerprint density at radius 3 is 2.65 bits per heavy atom. The van der Waals surface area contributed by atoms with Gasteiger partial charge >= 0.3 is 12.6 Å². The van der Waals surface area contributed by atoms with Crippen molar-refractivity contribution in [3.8, 4) is 5.88 Å². The lowest BCUT2D eigenvalue weighted by Crippen LogP contribution is -2.46. The number of hydrogen-bond acceptors (Lipinski definition) is 3. The Balaban J connectivity index is 0. The van der Waals surface area contributed by atoms with E-state index in [1.54, 1.807) is 0 Å². The maximum Gasteiger partial charge on any atom is 0.388 e. The van der Waals surface area contributed by atoms with E-state index in [1.807, 2.05) is 0 Å². The number of urea groups is 1. The van der Waals surface area contributed by atoms with Crippen LogP contribution >= 0.6 is 0 Å². The fourth-order valence-electron chi connectivity index (χ4n) is 1.94. The molecule has 1 heterocycles. The van der Waals surface area contributed by atoms with E-state index in [0.29, 0.717) is 18.4 Å². The number of carbonyl (C=O) groups is 1. The highest BCUT2D eigenvalue weighted by atomic mass is 19.3. The van der Waals surface area contributed by atoms with E-state index in [2.05, 4.69) is 20.4 Å². The maximum absolute atomic E-state index is 12.7. The summed E-state index contributed by atoms with van der Waals surface area (Å²) in [6.45, 7) is -3.02.